The molecule has 0 aromatic heterocycles. The van der Waals surface area contributed by atoms with E-state index in [9.17, 15) is 0 Å². The smallest absolute Gasteiger partial charge is 0.0458 e. The predicted octanol–water partition coefficient (Wildman–Crippen LogP) is 3.86. The van der Waals surface area contributed by atoms with E-state index < -0.39 is 0 Å². The summed E-state index contributed by atoms with van der Waals surface area (Å²) in [7, 11) is 0. The maximum absolute atomic E-state index is 8.17. The Kier molecular flexibility index (Phi) is 3.16. The second-order valence-electron chi connectivity index (χ2n) is 3.91. The van der Waals surface area contributed by atoms with Crippen molar-refractivity contribution in [2.24, 2.45) is 0 Å². The molecule has 0 radical (unpaired) electrons. The van der Waals surface area contributed by atoms with Crippen LogP contribution in [0.2, 0.25) is 0 Å². The zero-order valence-electron chi connectivity index (χ0n) is 9.35. The minimum Gasteiger partial charge on any atom is -0.304 e. The zero-order valence-corrected chi connectivity index (χ0v) is 9.35. The summed E-state index contributed by atoms with van der Waals surface area (Å²) in [6.45, 7) is 2.07. The van der Waals surface area contributed by atoms with E-state index in [1.54, 1.807) is 0 Å². The van der Waals surface area contributed by atoms with Crippen molar-refractivity contribution in [1.29, 1.82) is 5.41 Å². The summed E-state index contributed by atoms with van der Waals surface area (Å²) in [5.41, 5.74) is 2.86. The van der Waals surface area contributed by atoms with Gasteiger partial charge in [-0.2, -0.15) is 0 Å². The molecule has 0 saturated heterocycles. The second-order valence-corrected chi connectivity index (χ2v) is 3.91. The van der Waals surface area contributed by atoms with Gasteiger partial charge >= 0.3 is 0 Å². The Morgan fingerprint density at radius 1 is 0.875 bits per heavy atom. The standard InChI is InChI=1S/C15H15N/c1-12(13-8-4-2-5-9-13)15(16)14-10-6-3-7-11-14/h2-12,16H,1H3. The average Bonchev–Trinajstić information content (AvgIpc) is 2.39. The minimum atomic E-state index is 0.142. The van der Waals surface area contributed by atoms with Gasteiger partial charge in [0.15, 0.2) is 0 Å². The van der Waals surface area contributed by atoms with Crippen LogP contribution >= 0.6 is 0 Å². The third-order valence-corrected chi connectivity index (χ3v) is 2.82. The third-order valence-electron chi connectivity index (χ3n) is 2.82. The quantitative estimate of drug-likeness (QED) is 0.742. The minimum absolute atomic E-state index is 0.142. The molecule has 0 aliphatic carbocycles. The van der Waals surface area contributed by atoms with Gasteiger partial charge in [0.2, 0.25) is 0 Å². The summed E-state index contributed by atoms with van der Waals surface area (Å²) in [6, 6.07) is 20.1. The lowest BCUT2D eigenvalue weighted by molar-refractivity contribution is 1.01. The highest BCUT2D eigenvalue weighted by atomic mass is 14.4. The highest BCUT2D eigenvalue weighted by Crippen LogP contribution is 2.19. The first kappa shape index (κ1) is 10.6. The van der Waals surface area contributed by atoms with Crippen LogP contribution in [0.4, 0.5) is 0 Å². The highest BCUT2D eigenvalue weighted by molar-refractivity contribution is 6.02. The topological polar surface area (TPSA) is 23.9 Å². The molecule has 0 heterocycles. The molecule has 80 valence electrons. The molecule has 16 heavy (non-hydrogen) atoms. The average molecular weight is 209 g/mol. The van der Waals surface area contributed by atoms with Crippen molar-refractivity contribution >= 4 is 5.71 Å². The molecule has 0 amide bonds. The molecule has 2 aromatic rings. The maximum atomic E-state index is 8.17. The zero-order chi connectivity index (χ0) is 11.4. The van der Waals surface area contributed by atoms with Crippen LogP contribution < -0.4 is 0 Å². The summed E-state index contributed by atoms with van der Waals surface area (Å²) in [5, 5.41) is 8.17. The summed E-state index contributed by atoms with van der Waals surface area (Å²) in [5.74, 6) is 0.142. The Morgan fingerprint density at radius 3 is 1.94 bits per heavy atom. The first-order valence-electron chi connectivity index (χ1n) is 5.48. The molecule has 0 aliphatic heterocycles. The molecular formula is C15H15N. The molecule has 1 unspecified atom stereocenters. The van der Waals surface area contributed by atoms with Crippen LogP contribution in [-0.2, 0) is 0 Å². The van der Waals surface area contributed by atoms with E-state index in [1.165, 1.54) is 5.56 Å². The van der Waals surface area contributed by atoms with Gasteiger partial charge in [0.1, 0.15) is 0 Å². The van der Waals surface area contributed by atoms with Crippen molar-refractivity contribution in [1.82, 2.24) is 0 Å². The molecule has 1 heteroatoms. The molecule has 0 spiro atoms. The van der Waals surface area contributed by atoms with E-state index in [4.69, 9.17) is 5.41 Å². The molecule has 0 saturated carbocycles. The van der Waals surface area contributed by atoms with Crippen LogP contribution in [-0.4, -0.2) is 5.71 Å². The van der Waals surface area contributed by atoms with Crippen LogP contribution in [0.3, 0.4) is 0 Å². The van der Waals surface area contributed by atoms with Gasteiger partial charge in [-0.3, -0.25) is 0 Å². The molecule has 0 aliphatic rings. The number of nitrogens with one attached hydrogen (secondary N) is 1. The van der Waals surface area contributed by atoms with E-state index in [0.717, 1.165) is 5.56 Å². The van der Waals surface area contributed by atoms with E-state index in [2.05, 4.69) is 19.1 Å². The van der Waals surface area contributed by atoms with Gasteiger partial charge in [-0.15, -0.1) is 0 Å². The fraction of sp³-hybridized carbons (Fsp3) is 0.133. The third kappa shape index (κ3) is 2.19. The molecule has 2 aromatic carbocycles. The molecule has 1 N–H and O–H groups in total. The van der Waals surface area contributed by atoms with Gasteiger partial charge in [0.05, 0.1) is 0 Å². The summed E-state index contributed by atoms with van der Waals surface area (Å²) >= 11 is 0. The Morgan fingerprint density at radius 2 is 1.38 bits per heavy atom. The highest BCUT2D eigenvalue weighted by Gasteiger charge is 2.12. The fourth-order valence-electron chi connectivity index (χ4n) is 1.78. The molecule has 1 atom stereocenters. The Hall–Kier alpha value is -1.89. The van der Waals surface area contributed by atoms with Gasteiger partial charge in [-0.25, -0.2) is 0 Å². The summed E-state index contributed by atoms with van der Waals surface area (Å²) in [6.07, 6.45) is 0. The lowest BCUT2D eigenvalue weighted by Gasteiger charge is -2.13. The fourth-order valence-corrected chi connectivity index (χ4v) is 1.78. The Labute approximate surface area is 96.3 Å². The largest absolute Gasteiger partial charge is 0.304 e. The number of hydrogen-bond donors (Lipinski definition) is 1. The molecule has 0 fully saturated rings. The maximum Gasteiger partial charge on any atom is 0.0458 e. The first-order valence-corrected chi connectivity index (χ1v) is 5.48. The Bertz CT molecular complexity index is 459. The van der Waals surface area contributed by atoms with Crippen LogP contribution in [0.25, 0.3) is 0 Å². The number of rotatable bonds is 3. The van der Waals surface area contributed by atoms with Crippen molar-refractivity contribution in [2.45, 2.75) is 12.8 Å². The molecule has 0 bridgehead atoms. The first-order chi connectivity index (χ1) is 7.79. The van der Waals surface area contributed by atoms with E-state index in [1.807, 2.05) is 48.5 Å². The van der Waals surface area contributed by atoms with Crippen LogP contribution in [0.1, 0.15) is 24.0 Å². The number of hydrogen-bond acceptors (Lipinski definition) is 1. The van der Waals surface area contributed by atoms with E-state index in [0.29, 0.717) is 5.71 Å². The number of benzene rings is 2. The van der Waals surface area contributed by atoms with Crippen molar-refractivity contribution in [3.8, 4) is 0 Å². The monoisotopic (exact) mass is 209 g/mol. The Balaban J connectivity index is 2.24. The SMILES string of the molecule is CC(C(=N)c1ccccc1)c1ccccc1. The van der Waals surface area contributed by atoms with Gasteiger partial charge in [0.25, 0.3) is 0 Å². The van der Waals surface area contributed by atoms with Gasteiger partial charge < -0.3 is 5.41 Å². The van der Waals surface area contributed by atoms with Crippen LogP contribution in [0, 0.1) is 5.41 Å². The predicted molar refractivity (Wildman–Crippen MR) is 68.1 cm³/mol. The van der Waals surface area contributed by atoms with Crippen LogP contribution in [0.5, 0.6) is 0 Å². The normalized spacial score (nSPS) is 12.1. The van der Waals surface area contributed by atoms with Crippen LogP contribution in [0.15, 0.2) is 60.7 Å². The lowest BCUT2D eigenvalue weighted by atomic mass is 9.92. The van der Waals surface area contributed by atoms with E-state index in [-0.39, 0.29) is 5.92 Å². The van der Waals surface area contributed by atoms with Crippen molar-refractivity contribution in [2.75, 3.05) is 0 Å². The lowest BCUT2D eigenvalue weighted by Crippen LogP contribution is -2.09. The van der Waals surface area contributed by atoms with Gasteiger partial charge in [-0.1, -0.05) is 67.6 Å². The summed E-state index contributed by atoms with van der Waals surface area (Å²) in [4.78, 5) is 0. The van der Waals surface area contributed by atoms with Gasteiger partial charge in [-0.05, 0) is 11.1 Å². The van der Waals surface area contributed by atoms with Crippen molar-refractivity contribution in [3.05, 3.63) is 71.8 Å². The second kappa shape index (κ2) is 4.75. The molecule has 2 rings (SSSR count). The summed E-state index contributed by atoms with van der Waals surface area (Å²) < 4.78 is 0. The van der Waals surface area contributed by atoms with Gasteiger partial charge in [0, 0.05) is 11.6 Å². The molecule has 1 nitrogen and oxygen atoms in total. The van der Waals surface area contributed by atoms with Crippen molar-refractivity contribution < 1.29 is 0 Å². The van der Waals surface area contributed by atoms with Crippen molar-refractivity contribution in [3.63, 3.8) is 0 Å². The van der Waals surface area contributed by atoms with E-state index >= 15 is 0 Å². The molecular weight excluding hydrogens is 194 g/mol.